The van der Waals surface area contributed by atoms with Crippen LogP contribution in [-0.4, -0.2) is 35.5 Å². The predicted octanol–water partition coefficient (Wildman–Crippen LogP) is 2.73. The summed E-state index contributed by atoms with van der Waals surface area (Å²) in [5.74, 6) is 0.907. The Balaban J connectivity index is 2.20. The molecule has 0 radical (unpaired) electrons. The fraction of sp³-hybridized carbons (Fsp3) is 0.688. The molecule has 0 aromatic carbocycles. The number of hydrogen-bond donors (Lipinski definition) is 1. The lowest BCUT2D eigenvalue weighted by molar-refractivity contribution is 0.0948. The summed E-state index contributed by atoms with van der Waals surface area (Å²) in [6.45, 7) is 8.97. The molecule has 1 aromatic heterocycles. The van der Waals surface area contributed by atoms with Gasteiger partial charge in [0.15, 0.2) is 0 Å². The fourth-order valence-corrected chi connectivity index (χ4v) is 2.39. The van der Waals surface area contributed by atoms with Gasteiger partial charge in [0.25, 0.3) is 5.91 Å². The molecule has 116 valence electrons. The van der Waals surface area contributed by atoms with E-state index in [0.717, 1.165) is 31.6 Å². The van der Waals surface area contributed by atoms with Crippen molar-refractivity contribution in [1.82, 2.24) is 15.3 Å². The van der Waals surface area contributed by atoms with Gasteiger partial charge >= 0.3 is 0 Å². The summed E-state index contributed by atoms with van der Waals surface area (Å²) in [5, 5.41) is 2.94. The van der Waals surface area contributed by atoms with Crippen molar-refractivity contribution in [2.24, 2.45) is 0 Å². The summed E-state index contributed by atoms with van der Waals surface area (Å²) in [6.07, 6.45) is 4.41. The smallest absolute Gasteiger partial charge is 0.270 e. The van der Waals surface area contributed by atoms with E-state index in [1.807, 2.05) is 6.07 Å². The maximum Gasteiger partial charge on any atom is 0.270 e. The highest BCUT2D eigenvalue weighted by atomic mass is 16.1. The highest BCUT2D eigenvalue weighted by molar-refractivity contribution is 5.92. The van der Waals surface area contributed by atoms with Gasteiger partial charge in [-0.3, -0.25) is 4.79 Å². The zero-order valence-electron chi connectivity index (χ0n) is 13.4. The van der Waals surface area contributed by atoms with Gasteiger partial charge < -0.3 is 10.2 Å². The number of anilines is 1. The van der Waals surface area contributed by atoms with Crippen LogP contribution < -0.4 is 10.2 Å². The molecule has 5 nitrogen and oxygen atoms in total. The summed E-state index contributed by atoms with van der Waals surface area (Å²) in [6, 6.07) is 1.82. The van der Waals surface area contributed by atoms with Gasteiger partial charge in [-0.1, -0.05) is 27.2 Å². The van der Waals surface area contributed by atoms with E-state index >= 15 is 0 Å². The molecule has 0 saturated carbocycles. The van der Waals surface area contributed by atoms with E-state index in [1.165, 1.54) is 12.8 Å². The van der Waals surface area contributed by atoms with Gasteiger partial charge in [-0.05, 0) is 31.2 Å². The number of amides is 1. The summed E-state index contributed by atoms with van der Waals surface area (Å²) < 4.78 is 0. The number of nitrogens with zero attached hydrogens (tertiary/aromatic N) is 3. The Bertz CT molecular complexity index is 481. The van der Waals surface area contributed by atoms with Gasteiger partial charge in [-0.25, -0.2) is 9.97 Å². The maximum atomic E-state index is 12.2. The molecule has 1 saturated heterocycles. The first-order valence-corrected chi connectivity index (χ1v) is 8.04. The van der Waals surface area contributed by atoms with E-state index in [4.69, 9.17) is 0 Å². The van der Waals surface area contributed by atoms with Crippen LogP contribution in [0.4, 0.5) is 5.95 Å². The molecule has 1 aliphatic heterocycles. The summed E-state index contributed by atoms with van der Waals surface area (Å²) in [5.41, 5.74) is 1.43. The third-order valence-electron chi connectivity index (χ3n) is 3.76. The van der Waals surface area contributed by atoms with Gasteiger partial charge in [0.2, 0.25) is 5.95 Å². The van der Waals surface area contributed by atoms with E-state index in [1.54, 1.807) is 0 Å². The minimum Gasteiger partial charge on any atom is -0.351 e. The SMILES string of the molecule is CCCCNC(=O)c1cc(C(C)C)nc(N2CCCC2)n1. The standard InChI is InChI=1S/C16H26N4O/c1-4-5-8-17-15(21)14-11-13(12(2)3)18-16(19-14)20-9-6-7-10-20/h11-12H,4-10H2,1-3H3,(H,17,21). The Kier molecular flexibility index (Phi) is 5.53. The minimum absolute atomic E-state index is 0.0896. The third kappa shape index (κ3) is 4.16. The number of unbranched alkanes of at least 4 members (excludes halogenated alkanes) is 1. The molecule has 1 amide bonds. The lowest BCUT2D eigenvalue weighted by Crippen LogP contribution is -2.28. The zero-order valence-corrected chi connectivity index (χ0v) is 13.4. The van der Waals surface area contributed by atoms with Gasteiger partial charge in [0, 0.05) is 25.3 Å². The molecule has 0 unspecified atom stereocenters. The van der Waals surface area contributed by atoms with Crippen LogP contribution in [0, 0.1) is 0 Å². The Labute approximate surface area is 127 Å². The first-order valence-electron chi connectivity index (χ1n) is 8.04. The molecule has 0 atom stereocenters. The average Bonchev–Trinajstić information content (AvgIpc) is 3.01. The molecule has 2 rings (SSSR count). The lowest BCUT2D eigenvalue weighted by Gasteiger charge is -2.18. The molecule has 2 heterocycles. The molecule has 1 aromatic rings. The number of carbonyl (C=O) groups is 1. The highest BCUT2D eigenvalue weighted by Crippen LogP contribution is 2.20. The number of rotatable bonds is 6. The maximum absolute atomic E-state index is 12.2. The minimum atomic E-state index is -0.0896. The van der Waals surface area contributed by atoms with Crippen LogP contribution in [0.2, 0.25) is 0 Å². The van der Waals surface area contributed by atoms with Crippen LogP contribution in [0.15, 0.2) is 6.07 Å². The molecule has 1 N–H and O–H groups in total. The van der Waals surface area contributed by atoms with Crippen molar-refractivity contribution >= 4 is 11.9 Å². The van der Waals surface area contributed by atoms with Crippen LogP contribution >= 0.6 is 0 Å². The summed E-state index contributed by atoms with van der Waals surface area (Å²) in [4.78, 5) is 23.5. The van der Waals surface area contributed by atoms with E-state index in [0.29, 0.717) is 18.2 Å². The van der Waals surface area contributed by atoms with Crippen molar-refractivity contribution in [1.29, 1.82) is 0 Å². The van der Waals surface area contributed by atoms with Gasteiger partial charge in [-0.15, -0.1) is 0 Å². The highest BCUT2D eigenvalue weighted by Gasteiger charge is 2.19. The molecule has 1 aliphatic rings. The largest absolute Gasteiger partial charge is 0.351 e. The fourth-order valence-electron chi connectivity index (χ4n) is 2.39. The van der Waals surface area contributed by atoms with Crippen molar-refractivity contribution in [2.75, 3.05) is 24.5 Å². The van der Waals surface area contributed by atoms with Crippen LogP contribution in [0.1, 0.15) is 68.6 Å². The van der Waals surface area contributed by atoms with Crippen LogP contribution in [0.5, 0.6) is 0 Å². The molecular weight excluding hydrogens is 264 g/mol. The average molecular weight is 290 g/mol. The molecule has 0 bridgehead atoms. The summed E-state index contributed by atoms with van der Waals surface area (Å²) in [7, 11) is 0. The number of hydrogen-bond acceptors (Lipinski definition) is 4. The van der Waals surface area contributed by atoms with E-state index < -0.39 is 0 Å². The number of nitrogens with one attached hydrogen (secondary N) is 1. The second-order valence-corrected chi connectivity index (χ2v) is 5.94. The van der Waals surface area contributed by atoms with Gasteiger partial charge in [-0.2, -0.15) is 0 Å². The predicted molar refractivity (Wildman–Crippen MR) is 84.8 cm³/mol. The lowest BCUT2D eigenvalue weighted by atomic mass is 10.1. The second-order valence-electron chi connectivity index (χ2n) is 5.94. The van der Waals surface area contributed by atoms with Crippen molar-refractivity contribution in [2.45, 2.75) is 52.4 Å². The Hall–Kier alpha value is -1.65. The Morgan fingerprint density at radius 2 is 2.05 bits per heavy atom. The monoisotopic (exact) mass is 290 g/mol. The van der Waals surface area contributed by atoms with E-state index in [9.17, 15) is 4.79 Å². The van der Waals surface area contributed by atoms with Crippen LogP contribution in [0.3, 0.4) is 0 Å². The third-order valence-corrected chi connectivity index (χ3v) is 3.76. The van der Waals surface area contributed by atoms with E-state index in [-0.39, 0.29) is 11.8 Å². The number of carbonyl (C=O) groups excluding carboxylic acids is 1. The molecule has 0 aliphatic carbocycles. The molecule has 21 heavy (non-hydrogen) atoms. The second kappa shape index (κ2) is 7.38. The quantitative estimate of drug-likeness (QED) is 0.818. The van der Waals surface area contributed by atoms with Crippen LogP contribution in [-0.2, 0) is 0 Å². The van der Waals surface area contributed by atoms with Crippen molar-refractivity contribution in [3.63, 3.8) is 0 Å². The van der Waals surface area contributed by atoms with Gasteiger partial charge in [0.1, 0.15) is 5.69 Å². The van der Waals surface area contributed by atoms with Crippen molar-refractivity contribution < 1.29 is 4.79 Å². The van der Waals surface area contributed by atoms with E-state index in [2.05, 4.69) is 41.0 Å². The molecule has 5 heteroatoms. The van der Waals surface area contributed by atoms with Crippen molar-refractivity contribution in [3.05, 3.63) is 17.5 Å². The molecule has 1 fully saturated rings. The number of aromatic nitrogens is 2. The Morgan fingerprint density at radius 3 is 2.67 bits per heavy atom. The summed E-state index contributed by atoms with van der Waals surface area (Å²) >= 11 is 0. The van der Waals surface area contributed by atoms with Crippen LogP contribution in [0.25, 0.3) is 0 Å². The topological polar surface area (TPSA) is 58.1 Å². The normalized spacial score (nSPS) is 14.8. The molecular formula is C16H26N4O. The van der Waals surface area contributed by atoms with Crippen molar-refractivity contribution in [3.8, 4) is 0 Å². The first kappa shape index (κ1) is 15.7. The molecule has 0 spiro atoms. The first-order chi connectivity index (χ1) is 10.1. The zero-order chi connectivity index (χ0) is 15.2. The van der Waals surface area contributed by atoms with Gasteiger partial charge in [0.05, 0.1) is 0 Å². The Morgan fingerprint density at radius 1 is 1.33 bits per heavy atom.